The van der Waals surface area contributed by atoms with Crippen LogP contribution in [0.15, 0.2) is 53.6 Å². The van der Waals surface area contributed by atoms with Crippen LogP contribution < -0.4 is 0 Å². The van der Waals surface area contributed by atoms with Crippen LogP contribution in [0.5, 0.6) is 0 Å². The van der Waals surface area contributed by atoms with Crippen LogP contribution in [-0.4, -0.2) is 36.6 Å². The summed E-state index contributed by atoms with van der Waals surface area (Å²) < 4.78 is 6.21. The molecule has 4 fully saturated rings. The predicted octanol–water partition coefficient (Wildman–Crippen LogP) is 8.47. The van der Waals surface area contributed by atoms with Crippen LogP contribution in [-0.2, 0) is 4.74 Å². The number of fused-ring (bicyclic) bond motifs is 5. The minimum Gasteiger partial charge on any atom is -0.458 e. The number of nitrogens with zero attached hydrogens (tertiary/aromatic N) is 1. The highest BCUT2D eigenvalue weighted by Gasteiger charge is 2.59. The Morgan fingerprint density at radius 1 is 0.923 bits per heavy atom. The molecule has 0 N–H and O–H groups in total. The third kappa shape index (κ3) is 4.55. The Bertz CT molecular complexity index is 1130. The lowest BCUT2D eigenvalue weighted by Crippen LogP contribution is -2.52. The van der Waals surface area contributed by atoms with E-state index in [2.05, 4.69) is 51.7 Å². The van der Waals surface area contributed by atoms with Crippen molar-refractivity contribution >= 4 is 5.97 Å². The van der Waals surface area contributed by atoms with Crippen molar-refractivity contribution in [3.05, 3.63) is 59.2 Å². The average molecular weight is 530 g/mol. The van der Waals surface area contributed by atoms with Gasteiger partial charge in [-0.15, -0.1) is 0 Å². The second kappa shape index (κ2) is 10.2. The van der Waals surface area contributed by atoms with Crippen molar-refractivity contribution < 1.29 is 9.53 Å². The number of likely N-dealkylation sites (tertiary alicyclic amines) is 1. The molecule has 1 saturated heterocycles. The van der Waals surface area contributed by atoms with Crippen LogP contribution in [0.3, 0.4) is 0 Å². The van der Waals surface area contributed by atoms with E-state index in [1.54, 1.807) is 5.57 Å². The summed E-state index contributed by atoms with van der Waals surface area (Å²) in [5.41, 5.74) is 4.37. The molecule has 0 amide bonds. The molecule has 5 aliphatic rings. The lowest BCUT2D eigenvalue weighted by atomic mass is 9.46. The number of hydrogen-bond acceptors (Lipinski definition) is 3. The van der Waals surface area contributed by atoms with Gasteiger partial charge in [0.2, 0.25) is 0 Å². The quantitative estimate of drug-likeness (QED) is 0.358. The van der Waals surface area contributed by atoms with Gasteiger partial charge in [-0.3, -0.25) is 0 Å². The number of carbonyl (C=O) groups excluding carboxylic acids is 1. The lowest BCUT2D eigenvalue weighted by Gasteiger charge is -2.59. The maximum absolute atomic E-state index is 13.0. The lowest BCUT2D eigenvalue weighted by molar-refractivity contribution is -0.0396. The highest BCUT2D eigenvalue weighted by atomic mass is 16.5. The molecule has 1 aromatic carbocycles. The summed E-state index contributed by atoms with van der Waals surface area (Å²) in [6, 6.07) is 9.49. The number of allylic oxidation sites excluding steroid dienone is 3. The molecular formula is C36H51NO2. The van der Waals surface area contributed by atoms with Gasteiger partial charge < -0.3 is 9.64 Å². The molecule has 1 heterocycles. The Hall–Kier alpha value is -1.87. The molecule has 0 spiro atoms. The number of ether oxygens (including phenoxy) is 1. The van der Waals surface area contributed by atoms with Crippen molar-refractivity contribution in [2.24, 2.45) is 39.9 Å². The van der Waals surface area contributed by atoms with Gasteiger partial charge in [0, 0.05) is 12.0 Å². The molecule has 4 aliphatic carbocycles. The van der Waals surface area contributed by atoms with Crippen molar-refractivity contribution in [2.75, 3.05) is 19.6 Å². The fourth-order valence-electron chi connectivity index (χ4n) is 10.3. The minimum atomic E-state index is -0.186. The van der Waals surface area contributed by atoms with E-state index in [0.29, 0.717) is 16.9 Å². The Labute approximate surface area is 237 Å². The van der Waals surface area contributed by atoms with Gasteiger partial charge in [-0.2, -0.15) is 0 Å². The van der Waals surface area contributed by atoms with E-state index in [9.17, 15) is 4.79 Å². The zero-order chi connectivity index (χ0) is 27.4. The molecule has 0 bridgehead atoms. The Kier molecular flexibility index (Phi) is 7.14. The fourth-order valence-corrected chi connectivity index (χ4v) is 10.3. The van der Waals surface area contributed by atoms with Crippen molar-refractivity contribution in [1.82, 2.24) is 4.90 Å². The van der Waals surface area contributed by atoms with Crippen molar-refractivity contribution in [3.63, 3.8) is 0 Å². The molecule has 1 aliphatic heterocycles. The Morgan fingerprint density at radius 3 is 2.41 bits per heavy atom. The minimum absolute atomic E-state index is 0.0835. The maximum Gasteiger partial charge on any atom is 0.338 e. The third-order valence-corrected chi connectivity index (χ3v) is 12.4. The van der Waals surface area contributed by atoms with Gasteiger partial charge in [0.1, 0.15) is 6.10 Å². The van der Waals surface area contributed by atoms with Crippen LogP contribution in [0.4, 0.5) is 0 Å². The zero-order valence-corrected chi connectivity index (χ0v) is 25.2. The van der Waals surface area contributed by atoms with E-state index in [1.807, 2.05) is 30.3 Å². The van der Waals surface area contributed by atoms with E-state index < -0.39 is 0 Å². The standard InChI is InChI=1S/C36H51NO2/c1-25(24-37-22-10-7-11-23-37)28-15-16-29-27-14-17-31-34(2,3)32(39-33(38)26-12-8-6-9-13-26)19-21-36(31,5)30(27)18-20-35(28,29)4/h6,8-9,12-14,17,25,28-30,32H,7,10-11,15-16,18-24H2,1-5H3/t25-,28-,29+,30+,32+,35-,36-/m1/s1. The summed E-state index contributed by atoms with van der Waals surface area (Å²) in [5.74, 6) is 2.81. The molecule has 3 heteroatoms. The van der Waals surface area contributed by atoms with Gasteiger partial charge in [-0.25, -0.2) is 4.79 Å². The van der Waals surface area contributed by atoms with Crippen LogP contribution in [0, 0.1) is 39.9 Å². The highest BCUT2D eigenvalue weighted by Crippen LogP contribution is 2.67. The first-order valence-corrected chi connectivity index (χ1v) is 16.1. The van der Waals surface area contributed by atoms with E-state index in [1.165, 1.54) is 70.2 Å². The Morgan fingerprint density at radius 2 is 1.67 bits per heavy atom. The largest absolute Gasteiger partial charge is 0.458 e. The van der Waals surface area contributed by atoms with Crippen molar-refractivity contribution in [1.29, 1.82) is 0 Å². The van der Waals surface area contributed by atoms with Gasteiger partial charge >= 0.3 is 5.97 Å². The van der Waals surface area contributed by atoms with Crippen LogP contribution >= 0.6 is 0 Å². The van der Waals surface area contributed by atoms with Gasteiger partial charge in [0.05, 0.1) is 5.56 Å². The first-order chi connectivity index (χ1) is 18.6. The number of hydrogen-bond donors (Lipinski definition) is 0. The van der Waals surface area contributed by atoms with Gasteiger partial charge in [0.25, 0.3) is 0 Å². The highest BCUT2D eigenvalue weighted by molar-refractivity contribution is 5.89. The predicted molar refractivity (Wildman–Crippen MR) is 159 cm³/mol. The maximum atomic E-state index is 13.0. The summed E-state index contributed by atoms with van der Waals surface area (Å²) in [6.45, 7) is 16.3. The van der Waals surface area contributed by atoms with E-state index in [4.69, 9.17) is 4.74 Å². The number of esters is 1. The second-order valence-corrected chi connectivity index (χ2v) is 14.9. The molecule has 7 atom stereocenters. The average Bonchev–Trinajstić information content (AvgIpc) is 3.29. The summed E-state index contributed by atoms with van der Waals surface area (Å²) in [4.78, 5) is 15.7. The van der Waals surface area contributed by atoms with Gasteiger partial charge in [0.15, 0.2) is 0 Å². The summed E-state index contributed by atoms with van der Waals surface area (Å²) in [6.07, 6.45) is 16.6. The molecule has 0 aromatic heterocycles. The molecule has 39 heavy (non-hydrogen) atoms. The fraction of sp³-hybridized carbons (Fsp3) is 0.694. The number of carbonyl (C=O) groups is 1. The monoisotopic (exact) mass is 529 g/mol. The number of piperidine rings is 1. The molecular weight excluding hydrogens is 478 g/mol. The molecule has 6 rings (SSSR count). The molecule has 212 valence electrons. The normalized spacial score (nSPS) is 38.5. The van der Waals surface area contributed by atoms with Gasteiger partial charge in [-0.1, -0.05) is 82.5 Å². The SMILES string of the molecule is C[C@H](CN1CCCCC1)[C@H]1CC[C@H]2C3=CC=C4C(C)(C)[C@@H](OC(=O)c5ccccc5)CC[C@]4(C)[C@H]3CC[C@]12C. The van der Waals surface area contributed by atoms with Crippen molar-refractivity contribution in [2.45, 2.75) is 98.5 Å². The van der Waals surface area contributed by atoms with Crippen molar-refractivity contribution in [3.8, 4) is 0 Å². The number of rotatable bonds is 5. The van der Waals surface area contributed by atoms with E-state index >= 15 is 0 Å². The number of benzene rings is 1. The second-order valence-electron chi connectivity index (χ2n) is 14.9. The van der Waals surface area contributed by atoms with Crippen LogP contribution in [0.1, 0.15) is 103 Å². The first kappa shape index (κ1) is 27.3. The summed E-state index contributed by atoms with van der Waals surface area (Å²) in [7, 11) is 0. The smallest absolute Gasteiger partial charge is 0.338 e. The first-order valence-electron chi connectivity index (χ1n) is 16.1. The summed E-state index contributed by atoms with van der Waals surface area (Å²) >= 11 is 0. The van der Waals surface area contributed by atoms with Gasteiger partial charge in [-0.05, 0) is 111 Å². The molecule has 0 radical (unpaired) electrons. The summed E-state index contributed by atoms with van der Waals surface area (Å²) in [5, 5.41) is 0. The van der Waals surface area contributed by atoms with Crippen LogP contribution in [0.25, 0.3) is 0 Å². The van der Waals surface area contributed by atoms with E-state index in [-0.39, 0.29) is 22.9 Å². The third-order valence-electron chi connectivity index (χ3n) is 12.4. The van der Waals surface area contributed by atoms with Crippen LogP contribution in [0.2, 0.25) is 0 Å². The molecule has 1 aromatic rings. The Balaban J connectivity index is 1.22. The molecule has 3 nitrogen and oxygen atoms in total. The molecule has 0 unspecified atom stereocenters. The molecule has 3 saturated carbocycles. The zero-order valence-electron chi connectivity index (χ0n) is 25.2. The topological polar surface area (TPSA) is 29.5 Å². The van der Waals surface area contributed by atoms with E-state index in [0.717, 1.165) is 30.6 Å².